The number of nitro groups is 1. The predicted molar refractivity (Wildman–Crippen MR) is 167 cm³/mol. The lowest BCUT2D eigenvalue weighted by molar-refractivity contribution is -0.500. The Kier molecular flexibility index (Phi) is 10.1. The Morgan fingerprint density at radius 3 is 2.17 bits per heavy atom. The molecule has 14 heteroatoms. The van der Waals surface area contributed by atoms with Crippen LogP contribution >= 0.6 is 0 Å². The van der Waals surface area contributed by atoms with Crippen molar-refractivity contribution in [2.24, 2.45) is 5.73 Å². The summed E-state index contributed by atoms with van der Waals surface area (Å²) in [5.74, 6) is -1.53. The number of nitro benzene ring substituents is 1. The van der Waals surface area contributed by atoms with Crippen molar-refractivity contribution in [3.05, 3.63) is 112 Å². The van der Waals surface area contributed by atoms with Crippen molar-refractivity contribution in [2.75, 3.05) is 0 Å². The Morgan fingerprint density at radius 1 is 1.00 bits per heavy atom. The van der Waals surface area contributed by atoms with Gasteiger partial charge in [-0.3, -0.25) is 29.4 Å². The third-order valence-electron chi connectivity index (χ3n) is 7.91. The first kappa shape index (κ1) is 33.7. The number of hydrogen-bond donors (Lipinski definition) is 1. The van der Waals surface area contributed by atoms with Gasteiger partial charge in [-0.05, 0) is 28.8 Å². The van der Waals surface area contributed by atoms with Gasteiger partial charge in [0, 0.05) is 18.6 Å². The molecule has 2 saturated heterocycles. The van der Waals surface area contributed by atoms with E-state index in [1.54, 1.807) is 37.3 Å². The lowest BCUT2D eigenvalue weighted by Crippen LogP contribution is -2.81. The molecule has 2 aliphatic heterocycles. The number of imide groups is 1. The summed E-state index contributed by atoms with van der Waals surface area (Å²) in [4.78, 5) is 65.6. The zero-order valence-electron chi connectivity index (χ0n) is 25.8. The number of carbonyl (C=O) groups excluding carboxylic acids is 4. The van der Waals surface area contributed by atoms with Crippen molar-refractivity contribution in [3.63, 3.8) is 0 Å². The summed E-state index contributed by atoms with van der Waals surface area (Å²) < 4.78 is 22.5. The number of ether oxygens (including phenoxy) is 4. The maximum atomic E-state index is 13.8. The highest BCUT2D eigenvalue weighted by Crippen LogP contribution is 2.44. The van der Waals surface area contributed by atoms with E-state index in [2.05, 4.69) is 5.92 Å². The lowest BCUT2D eigenvalue weighted by atomic mass is 9.90. The molecule has 14 nitrogen and oxygen atoms in total. The predicted octanol–water partition coefficient (Wildman–Crippen LogP) is 3.54. The van der Waals surface area contributed by atoms with Gasteiger partial charge in [0.15, 0.2) is 12.3 Å². The minimum absolute atomic E-state index is 0.0616. The molecule has 2 unspecified atom stereocenters. The number of amides is 3. The summed E-state index contributed by atoms with van der Waals surface area (Å²) in [6, 6.07) is 18.5. The molecule has 3 atom stereocenters. The minimum atomic E-state index is -1.66. The first-order valence-corrected chi connectivity index (χ1v) is 15.0. The molecule has 2 aliphatic rings. The van der Waals surface area contributed by atoms with Crippen LogP contribution in [0.1, 0.15) is 42.5 Å². The van der Waals surface area contributed by atoms with Crippen molar-refractivity contribution >= 4 is 29.6 Å². The smallest absolute Gasteiger partial charge is 0.417 e. The molecule has 0 radical (unpaired) electrons. The van der Waals surface area contributed by atoms with Crippen molar-refractivity contribution in [2.45, 2.75) is 63.3 Å². The fourth-order valence-electron chi connectivity index (χ4n) is 5.38. The fourth-order valence-corrected chi connectivity index (χ4v) is 5.38. The number of likely N-dealkylation sites (tertiary alicyclic amines) is 1. The standard InChI is InChI=1S/C34H32N4O10/c1-3-26-30(32(41)37(26)34(4-2)47-28(48-34)19-27(39)45-20-22-11-7-5-8-12-22)36(31(40)29(35)24-13-9-6-10-14-24)33(42)46-21-23-15-17-25(18-16-23)38(43)44/h1,5-18,26,28-30H,4,19-21,35H2,2H3/t26?,28?,29-,30?,34?/m0/s1. The molecular formula is C34H32N4O10. The Balaban J connectivity index is 1.30. The Bertz CT molecular complexity index is 1710. The SMILES string of the molecule is C#CC1C(N(C(=O)OCc2ccc([N+](=O)[O-])cc2)C(=O)[C@@H](N)c2ccccc2)C(=O)N1C1(CC)OC(CC(=O)OCc2ccccc2)O1. The Labute approximate surface area is 275 Å². The number of benzene rings is 3. The zero-order valence-corrected chi connectivity index (χ0v) is 25.8. The zero-order chi connectivity index (χ0) is 34.4. The molecule has 0 saturated carbocycles. The van der Waals surface area contributed by atoms with Gasteiger partial charge in [-0.2, -0.15) is 0 Å². The van der Waals surface area contributed by atoms with E-state index in [9.17, 15) is 29.3 Å². The number of carbonyl (C=O) groups is 4. The maximum Gasteiger partial charge on any atom is 0.417 e. The first-order chi connectivity index (χ1) is 23.1. The van der Waals surface area contributed by atoms with Crippen LogP contribution in [0.5, 0.6) is 0 Å². The molecule has 3 aromatic carbocycles. The van der Waals surface area contributed by atoms with E-state index in [0.29, 0.717) is 16.0 Å². The van der Waals surface area contributed by atoms with Gasteiger partial charge in [0.1, 0.15) is 25.3 Å². The van der Waals surface area contributed by atoms with Crippen LogP contribution in [0.15, 0.2) is 84.9 Å². The number of nitrogens with zero attached hydrogens (tertiary/aromatic N) is 3. The highest BCUT2D eigenvalue weighted by atomic mass is 16.9. The van der Waals surface area contributed by atoms with Gasteiger partial charge in [0.2, 0.25) is 0 Å². The summed E-state index contributed by atoms with van der Waals surface area (Å²) in [5.41, 5.74) is 7.65. The van der Waals surface area contributed by atoms with Gasteiger partial charge in [-0.15, -0.1) is 6.42 Å². The Hall–Kier alpha value is -5.62. The van der Waals surface area contributed by atoms with Crippen LogP contribution in [0.2, 0.25) is 0 Å². The molecule has 0 aromatic heterocycles. The summed E-state index contributed by atoms with van der Waals surface area (Å²) in [6.07, 6.45) is 3.44. The van der Waals surface area contributed by atoms with Gasteiger partial charge >= 0.3 is 12.1 Å². The average Bonchev–Trinajstić information content (AvgIpc) is 3.09. The van der Waals surface area contributed by atoms with Gasteiger partial charge in [0.25, 0.3) is 23.4 Å². The average molecular weight is 657 g/mol. The first-order valence-electron chi connectivity index (χ1n) is 15.0. The van der Waals surface area contributed by atoms with Crippen LogP contribution in [0, 0.1) is 22.5 Å². The molecule has 2 N–H and O–H groups in total. The summed E-state index contributed by atoms with van der Waals surface area (Å²) in [6.45, 7) is 1.36. The molecule has 2 heterocycles. The molecular weight excluding hydrogens is 624 g/mol. The van der Waals surface area contributed by atoms with Crippen molar-refractivity contribution in [3.8, 4) is 12.3 Å². The normalized spacial score (nSPS) is 21.9. The molecule has 0 aliphatic carbocycles. The van der Waals surface area contributed by atoms with Crippen LogP contribution in [-0.2, 0) is 46.5 Å². The second-order valence-electron chi connectivity index (χ2n) is 10.9. The Morgan fingerprint density at radius 2 is 1.58 bits per heavy atom. The number of esters is 1. The largest absolute Gasteiger partial charge is 0.461 e. The molecule has 5 rings (SSSR count). The molecule has 48 heavy (non-hydrogen) atoms. The molecule has 3 amide bonds. The number of hydrogen-bond acceptors (Lipinski definition) is 11. The van der Waals surface area contributed by atoms with Gasteiger partial charge in [0.05, 0.1) is 11.3 Å². The van der Waals surface area contributed by atoms with E-state index < -0.39 is 59.1 Å². The number of terminal acetylenes is 1. The summed E-state index contributed by atoms with van der Waals surface area (Å²) in [7, 11) is 0. The summed E-state index contributed by atoms with van der Waals surface area (Å²) >= 11 is 0. The van der Waals surface area contributed by atoms with E-state index in [4.69, 9.17) is 31.1 Å². The third-order valence-corrected chi connectivity index (χ3v) is 7.91. The van der Waals surface area contributed by atoms with E-state index >= 15 is 0 Å². The van der Waals surface area contributed by atoms with Crippen LogP contribution in [-0.4, -0.2) is 62.9 Å². The quantitative estimate of drug-likeness (QED) is 0.0990. The van der Waals surface area contributed by atoms with E-state index in [-0.39, 0.29) is 31.7 Å². The number of rotatable bonds is 12. The van der Waals surface area contributed by atoms with Gasteiger partial charge < -0.3 is 24.7 Å². The van der Waals surface area contributed by atoms with Crippen molar-refractivity contribution in [1.82, 2.24) is 9.80 Å². The second-order valence-corrected chi connectivity index (χ2v) is 10.9. The van der Waals surface area contributed by atoms with Gasteiger partial charge in [-0.25, -0.2) is 9.69 Å². The maximum absolute atomic E-state index is 13.8. The molecule has 0 bridgehead atoms. The van der Waals surface area contributed by atoms with Crippen LogP contribution < -0.4 is 5.73 Å². The van der Waals surface area contributed by atoms with Crippen LogP contribution in [0.25, 0.3) is 0 Å². The third kappa shape index (κ3) is 6.88. The summed E-state index contributed by atoms with van der Waals surface area (Å²) in [5, 5.41) is 11.0. The molecule has 2 fully saturated rings. The monoisotopic (exact) mass is 656 g/mol. The highest BCUT2D eigenvalue weighted by Gasteiger charge is 2.66. The molecule has 248 valence electrons. The van der Waals surface area contributed by atoms with Gasteiger partial charge in [-0.1, -0.05) is 73.5 Å². The topological polar surface area (TPSA) is 181 Å². The lowest BCUT2D eigenvalue weighted by Gasteiger charge is -2.60. The highest BCUT2D eigenvalue weighted by molar-refractivity contribution is 6.03. The second kappa shape index (κ2) is 14.4. The number of nitrogens with two attached hydrogens (primary N) is 1. The van der Waals surface area contributed by atoms with E-state index in [0.717, 1.165) is 10.5 Å². The fraction of sp³-hybridized carbons (Fsp3) is 0.294. The number of β-lactam (4-membered cyclic amide) rings is 1. The van der Waals surface area contributed by atoms with Crippen molar-refractivity contribution in [1.29, 1.82) is 0 Å². The van der Waals surface area contributed by atoms with E-state index in [1.165, 1.54) is 24.3 Å². The van der Waals surface area contributed by atoms with Crippen LogP contribution in [0.4, 0.5) is 10.5 Å². The molecule has 3 aromatic rings. The number of non-ortho nitro benzene ring substituents is 1. The van der Waals surface area contributed by atoms with Crippen molar-refractivity contribution < 1.29 is 43.0 Å². The molecule has 0 spiro atoms. The van der Waals surface area contributed by atoms with Crippen LogP contribution in [0.3, 0.4) is 0 Å². The van der Waals surface area contributed by atoms with E-state index in [1.807, 2.05) is 30.3 Å². The minimum Gasteiger partial charge on any atom is -0.461 e.